The van der Waals surface area contributed by atoms with Crippen LogP contribution in [0.3, 0.4) is 0 Å². The second-order valence-corrected chi connectivity index (χ2v) is 6.46. The number of hydrogen-bond donors (Lipinski definition) is 0. The van der Waals surface area contributed by atoms with Crippen LogP contribution in [0.25, 0.3) is 0 Å². The summed E-state index contributed by atoms with van der Waals surface area (Å²) in [5.41, 5.74) is 0.324. The van der Waals surface area contributed by atoms with E-state index in [4.69, 9.17) is 14.2 Å². The van der Waals surface area contributed by atoms with Crippen molar-refractivity contribution < 1.29 is 28.6 Å². The Labute approximate surface area is 154 Å². The molecule has 8 heteroatoms. The second kappa shape index (κ2) is 8.84. The lowest BCUT2D eigenvalue weighted by Gasteiger charge is -2.30. The van der Waals surface area contributed by atoms with Crippen LogP contribution in [0.4, 0.5) is 0 Å². The molecule has 0 radical (unpaired) electrons. The monoisotopic (exact) mass is 413 g/mol. The zero-order valence-corrected chi connectivity index (χ0v) is 15.7. The Kier molecular flexibility index (Phi) is 6.81. The molecule has 0 aromatic heterocycles. The summed E-state index contributed by atoms with van der Waals surface area (Å²) in [5, 5.41) is 0. The summed E-state index contributed by atoms with van der Waals surface area (Å²) in [5.74, 6) is -0.677. The summed E-state index contributed by atoms with van der Waals surface area (Å²) in [6.45, 7) is 0.569. The number of ether oxygens (including phenoxy) is 3. The number of halogens is 1. The molecule has 0 spiro atoms. The molecule has 1 aromatic carbocycles. The fourth-order valence-corrected chi connectivity index (χ4v) is 3.17. The van der Waals surface area contributed by atoms with E-state index >= 15 is 0 Å². The van der Waals surface area contributed by atoms with E-state index < -0.39 is 5.97 Å². The minimum Gasteiger partial charge on any atom is -0.496 e. The normalized spacial score (nSPS) is 14.8. The van der Waals surface area contributed by atoms with Crippen LogP contribution in [0.1, 0.15) is 23.2 Å². The number of carbonyl (C=O) groups excluding carboxylic acids is 3. The summed E-state index contributed by atoms with van der Waals surface area (Å²) in [6.07, 6.45) is 1.11. The molecule has 1 saturated heterocycles. The van der Waals surface area contributed by atoms with Gasteiger partial charge in [-0.1, -0.05) is 0 Å². The summed E-state index contributed by atoms with van der Waals surface area (Å²) in [6, 6.07) is 4.78. The first-order chi connectivity index (χ1) is 12.0. The Morgan fingerprint density at radius 1 is 1.20 bits per heavy atom. The molecular formula is C17H20BrNO6. The van der Waals surface area contributed by atoms with Gasteiger partial charge in [0, 0.05) is 13.1 Å². The molecule has 0 unspecified atom stereocenters. The molecular weight excluding hydrogens is 394 g/mol. The van der Waals surface area contributed by atoms with Crippen molar-refractivity contribution in [1.82, 2.24) is 4.90 Å². The first-order valence-corrected chi connectivity index (χ1v) is 8.61. The van der Waals surface area contributed by atoms with Crippen LogP contribution < -0.4 is 4.74 Å². The fourth-order valence-electron chi connectivity index (χ4n) is 2.63. The van der Waals surface area contributed by atoms with Gasteiger partial charge in [-0.2, -0.15) is 0 Å². The number of rotatable bonds is 5. The van der Waals surface area contributed by atoms with E-state index in [0.29, 0.717) is 41.7 Å². The van der Waals surface area contributed by atoms with Gasteiger partial charge in [0.25, 0.3) is 5.91 Å². The highest BCUT2D eigenvalue weighted by atomic mass is 79.9. The molecule has 1 aliphatic rings. The van der Waals surface area contributed by atoms with E-state index in [1.165, 1.54) is 14.2 Å². The van der Waals surface area contributed by atoms with E-state index in [1.54, 1.807) is 23.1 Å². The van der Waals surface area contributed by atoms with Gasteiger partial charge in [-0.15, -0.1) is 0 Å². The molecule has 0 N–H and O–H groups in total. The zero-order valence-electron chi connectivity index (χ0n) is 14.1. The SMILES string of the molecule is COC(=O)C1CCN(C(=O)COC(=O)c2ccc(OC)c(Br)c2)CC1. The molecule has 136 valence electrons. The first-order valence-electron chi connectivity index (χ1n) is 7.82. The highest BCUT2D eigenvalue weighted by Gasteiger charge is 2.28. The molecule has 2 rings (SSSR count). The van der Waals surface area contributed by atoms with E-state index in [1.807, 2.05) is 0 Å². The number of benzene rings is 1. The smallest absolute Gasteiger partial charge is 0.338 e. The van der Waals surface area contributed by atoms with Crippen molar-refractivity contribution in [2.45, 2.75) is 12.8 Å². The van der Waals surface area contributed by atoms with Crippen LogP contribution >= 0.6 is 15.9 Å². The number of hydrogen-bond acceptors (Lipinski definition) is 6. The van der Waals surface area contributed by atoms with Gasteiger partial charge in [0.1, 0.15) is 5.75 Å². The third kappa shape index (κ3) is 4.94. The van der Waals surface area contributed by atoms with Gasteiger partial charge >= 0.3 is 11.9 Å². The molecule has 0 aliphatic carbocycles. The first kappa shape index (κ1) is 19.2. The van der Waals surface area contributed by atoms with Crippen molar-refractivity contribution in [2.24, 2.45) is 5.92 Å². The lowest BCUT2D eigenvalue weighted by molar-refractivity contribution is -0.149. The lowest BCUT2D eigenvalue weighted by Crippen LogP contribution is -2.42. The molecule has 1 amide bonds. The Balaban J connectivity index is 1.83. The minimum absolute atomic E-state index is 0.173. The van der Waals surface area contributed by atoms with Crippen molar-refractivity contribution in [3.8, 4) is 5.75 Å². The summed E-state index contributed by atoms with van der Waals surface area (Å²) >= 11 is 3.30. The highest BCUT2D eigenvalue weighted by molar-refractivity contribution is 9.10. The molecule has 0 atom stereocenters. The molecule has 1 aromatic rings. The zero-order chi connectivity index (χ0) is 18.4. The van der Waals surface area contributed by atoms with Gasteiger partial charge in [-0.25, -0.2) is 4.79 Å². The topological polar surface area (TPSA) is 82.1 Å². The number of likely N-dealkylation sites (tertiary alicyclic amines) is 1. The molecule has 1 fully saturated rings. The minimum atomic E-state index is -0.582. The third-order valence-corrected chi connectivity index (χ3v) is 4.72. The molecule has 0 bridgehead atoms. The molecule has 1 aliphatic heterocycles. The van der Waals surface area contributed by atoms with Crippen molar-refractivity contribution in [2.75, 3.05) is 33.9 Å². The number of carbonyl (C=O) groups is 3. The highest BCUT2D eigenvalue weighted by Crippen LogP contribution is 2.25. The van der Waals surface area contributed by atoms with E-state index in [2.05, 4.69) is 15.9 Å². The number of piperidine rings is 1. The number of methoxy groups -OCH3 is 2. The maximum Gasteiger partial charge on any atom is 0.338 e. The average Bonchev–Trinajstić information content (AvgIpc) is 2.65. The van der Waals surface area contributed by atoms with Gasteiger partial charge in [-0.3, -0.25) is 9.59 Å². The van der Waals surface area contributed by atoms with E-state index in [-0.39, 0.29) is 24.4 Å². The Bertz CT molecular complexity index is 655. The lowest BCUT2D eigenvalue weighted by atomic mass is 9.97. The van der Waals surface area contributed by atoms with Crippen LogP contribution in [-0.2, 0) is 19.1 Å². The number of esters is 2. The number of amides is 1. The van der Waals surface area contributed by atoms with Crippen LogP contribution in [0, 0.1) is 5.92 Å². The largest absolute Gasteiger partial charge is 0.496 e. The Morgan fingerprint density at radius 2 is 1.88 bits per heavy atom. The van der Waals surface area contributed by atoms with Gasteiger partial charge in [0.15, 0.2) is 6.61 Å². The predicted octanol–water partition coefficient (Wildman–Crippen LogP) is 2.03. The van der Waals surface area contributed by atoms with Crippen molar-refractivity contribution in [3.05, 3.63) is 28.2 Å². The Hall–Kier alpha value is -2.09. The van der Waals surface area contributed by atoms with E-state index in [0.717, 1.165) is 0 Å². The van der Waals surface area contributed by atoms with Gasteiger partial charge in [-0.05, 0) is 47.0 Å². The standard InChI is InChI=1S/C17H20BrNO6/c1-23-14-4-3-12(9-13(14)18)17(22)25-10-15(20)19-7-5-11(6-8-19)16(21)24-2/h3-4,9,11H,5-8,10H2,1-2H3. The van der Waals surface area contributed by atoms with Crippen molar-refractivity contribution in [1.29, 1.82) is 0 Å². The van der Waals surface area contributed by atoms with Gasteiger partial charge in [0.2, 0.25) is 0 Å². The van der Waals surface area contributed by atoms with Crippen molar-refractivity contribution >= 4 is 33.8 Å². The summed E-state index contributed by atoms with van der Waals surface area (Å²) in [4.78, 5) is 37.3. The van der Waals surface area contributed by atoms with Crippen LogP contribution in [-0.4, -0.2) is 56.7 Å². The molecule has 1 heterocycles. The second-order valence-electron chi connectivity index (χ2n) is 5.60. The fraction of sp³-hybridized carbons (Fsp3) is 0.471. The van der Waals surface area contributed by atoms with Crippen molar-refractivity contribution in [3.63, 3.8) is 0 Å². The predicted molar refractivity (Wildman–Crippen MR) is 92.3 cm³/mol. The molecule has 0 saturated carbocycles. The number of nitrogens with zero attached hydrogens (tertiary/aromatic N) is 1. The Morgan fingerprint density at radius 3 is 2.44 bits per heavy atom. The molecule has 7 nitrogen and oxygen atoms in total. The van der Waals surface area contributed by atoms with E-state index in [9.17, 15) is 14.4 Å². The quantitative estimate of drug-likeness (QED) is 0.686. The van der Waals surface area contributed by atoms with Gasteiger partial charge in [0.05, 0.1) is 30.2 Å². The van der Waals surface area contributed by atoms with Crippen LogP contribution in [0.2, 0.25) is 0 Å². The maximum absolute atomic E-state index is 12.2. The average molecular weight is 414 g/mol. The van der Waals surface area contributed by atoms with Crippen LogP contribution in [0.15, 0.2) is 22.7 Å². The van der Waals surface area contributed by atoms with Gasteiger partial charge < -0.3 is 19.1 Å². The summed E-state index contributed by atoms with van der Waals surface area (Å²) < 4.78 is 15.5. The van der Waals surface area contributed by atoms with Crippen LogP contribution in [0.5, 0.6) is 5.75 Å². The third-order valence-electron chi connectivity index (χ3n) is 4.10. The summed E-state index contributed by atoms with van der Waals surface area (Å²) in [7, 11) is 2.89. The maximum atomic E-state index is 12.2. The molecule has 25 heavy (non-hydrogen) atoms.